The fourth-order valence-corrected chi connectivity index (χ4v) is 4.07. The summed E-state index contributed by atoms with van der Waals surface area (Å²) in [7, 11) is 1.96. The molecule has 2 fully saturated rings. The molecule has 2 heterocycles. The van der Waals surface area contributed by atoms with E-state index in [4.69, 9.17) is 0 Å². The van der Waals surface area contributed by atoms with Crippen molar-refractivity contribution in [3.05, 3.63) is 29.5 Å². The zero-order chi connectivity index (χ0) is 15.4. The lowest BCUT2D eigenvalue weighted by Gasteiger charge is -2.13. The number of fused-ring (bicyclic) bond motifs is 2. The number of hydrogen-bond acceptors (Lipinski definition) is 3. The van der Waals surface area contributed by atoms with Crippen molar-refractivity contribution in [3.63, 3.8) is 0 Å². The molecule has 4 rings (SSSR count). The Morgan fingerprint density at radius 3 is 2.86 bits per heavy atom. The molecule has 1 aliphatic heterocycles. The van der Waals surface area contributed by atoms with Gasteiger partial charge in [-0.15, -0.1) is 0 Å². The molecule has 116 valence electrons. The second-order valence-corrected chi connectivity index (χ2v) is 6.72. The van der Waals surface area contributed by atoms with Gasteiger partial charge in [-0.3, -0.25) is 9.48 Å². The van der Waals surface area contributed by atoms with Crippen LogP contribution in [0.5, 0.6) is 0 Å². The van der Waals surface area contributed by atoms with Gasteiger partial charge in [0.05, 0.1) is 17.3 Å². The van der Waals surface area contributed by atoms with Crippen LogP contribution in [0.3, 0.4) is 0 Å². The number of rotatable bonds is 3. The molecule has 1 aliphatic carbocycles. The van der Waals surface area contributed by atoms with Crippen LogP contribution in [-0.4, -0.2) is 28.8 Å². The van der Waals surface area contributed by atoms with E-state index in [-0.39, 0.29) is 17.9 Å². The van der Waals surface area contributed by atoms with Gasteiger partial charge in [-0.25, -0.2) is 0 Å². The van der Waals surface area contributed by atoms with Gasteiger partial charge in [0.25, 0.3) is 0 Å². The van der Waals surface area contributed by atoms with Gasteiger partial charge in [0.1, 0.15) is 0 Å². The molecule has 1 aromatic heterocycles. The maximum atomic E-state index is 12.4. The second kappa shape index (κ2) is 4.81. The van der Waals surface area contributed by atoms with Gasteiger partial charge < -0.3 is 10.6 Å². The van der Waals surface area contributed by atoms with Crippen LogP contribution < -0.4 is 10.6 Å². The van der Waals surface area contributed by atoms with Gasteiger partial charge >= 0.3 is 0 Å². The molecule has 1 saturated heterocycles. The number of aromatic nitrogens is 2. The molecule has 2 unspecified atom stereocenters. The van der Waals surface area contributed by atoms with Gasteiger partial charge in [0, 0.05) is 18.4 Å². The molecule has 2 aromatic rings. The fraction of sp³-hybridized carbons (Fsp3) is 0.529. The van der Waals surface area contributed by atoms with Crippen molar-refractivity contribution in [2.24, 2.45) is 24.8 Å². The van der Waals surface area contributed by atoms with Crippen LogP contribution in [0.2, 0.25) is 0 Å². The molecule has 1 aromatic carbocycles. The van der Waals surface area contributed by atoms with E-state index >= 15 is 0 Å². The van der Waals surface area contributed by atoms with Crippen LogP contribution in [0.4, 0.5) is 0 Å². The van der Waals surface area contributed by atoms with Gasteiger partial charge in [-0.05, 0) is 44.3 Å². The lowest BCUT2D eigenvalue weighted by Crippen LogP contribution is -2.32. The summed E-state index contributed by atoms with van der Waals surface area (Å²) in [6.45, 7) is 6.10. The Balaban J connectivity index is 1.57. The van der Waals surface area contributed by atoms with E-state index in [1.54, 1.807) is 0 Å². The first-order valence-electron chi connectivity index (χ1n) is 8.01. The number of carbonyl (C=O) groups excluding carboxylic acids is 1. The number of benzene rings is 1. The van der Waals surface area contributed by atoms with E-state index in [1.807, 2.05) is 24.7 Å². The van der Waals surface area contributed by atoms with Crippen molar-refractivity contribution in [1.29, 1.82) is 0 Å². The fourth-order valence-electron chi connectivity index (χ4n) is 4.07. The minimum Gasteiger partial charge on any atom is -0.348 e. The standard InChI is InChI=1S/C17H22N4O/c1-9-5-4-6-11-15(20-21(3)16(9)11)10(2)19-17(22)14-12-7-18-8-13(12)14/h4-6,10,12-14,18H,7-8H2,1-3H3,(H,19,22)/t10?,12-,13+,14?. The predicted octanol–water partition coefficient (Wildman–Crippen LogP) is 1.52. The van der Waals surface area contributed by atoms with Crippen LogP contribution >= 0.6 is 0 Å². The quantitative estimate of drug-likeness (QED) is 0.903. The molecule has 1 amide bonds. The lowest BCUT2D eigenvalue weighted by atomic mass is 10.1. The van der Waals surface area contributed by atoms with Crippen LogP contribution in [0, 0.1) is 24.7 Å². The first kappa shape index (κ1) is 13.8. The minimum atomic E-state index is -0.0627. The molecular weight excluding hydrogens is 276 g/mol. The monoisotopic (exact) mass is 298 g/mol. The summed E-state index contributed by atoms with van der Waals surface area (Å²) in [5, 5.41) is 12.3. The largest absolute Gasteiger partial charge is 0.348 e. The highest BCUT2D eigenvalue weighted by molar-refractivity contribution is 5.87. The number of para-hydroxylation sites is 1. The number of piperidine rings is 1. The summed E-state index contributed by atoms with van der Waals surface area (Å²) < 4.78 is 1.92. The molecule has 0 radical (unpaired) electrons. The van der Waals surface area contributed by atoms with Crippen LogP contribution in [-0.2, 0) is 11.8 Å². The summed E-state index contributed by atoms with van der Waals surface area (Å²) in [4.78, 5) is 12.4. The van der Waals surface area contributed by atoms with E-state index in [1.165, 1.54) is 5.56 Å². The third-order valence-corrected chi connectivity index (χ3v) is 5.26. The Morgan fingerprint density at radius 2 is 2.14 bits per heavy atom. The van der Waals surface area contributed by atoms with Gasteiger partial charge in [0.15, 0.2) is 0 Å². The zero-order valence-electron chi connectivity index (χ0n) is 13.3. The number of hydrogen-bond donors (Lipinski definition) is 2. The Morgan fingerprint density at radius 1 is 1.41 bits per heavy atom. The number of nitrogens with one attached hydrogen (secondary N) is 2. The second-order valence-electron chi connectivity index (χ2n) is 6.72. The van der Waals surface area contributed by atoms with E-state index in [0.717, 1.165) is 29.7 Å². The molecule has 0 bridgehead atoms. The van der Waals surface area contributed by atoms with Crippen molar-refractivity contribution in [2.45, 2.75) is 19.9 Å². The van der Waals surface area contributed by atoms with Crippen LogP contribution in [0.15, 0.2) is 18.2 Å². The summed E-state index contributed by atoms with van der Waals surface area (Å²) in [5.41, 5.74) is 3.31. The van der Waals surface area contributed by atoms with Crippen LogP contribution in [0.1, 0.15) is 24.2 Å². The summed E-state index contributed by atoms with van der Waals surface area (Å²) >= 11 is 0. The highest BCUT2D eigenvalue weighted by Gasteiger charge is 2.56. The van der Waals surface area contributed by atoms with Gasteiger partial charge in [0.2, 0.25) is 5.91 Å². The van der Waals surface area contributed by atoms with E-state index < -0.39 is 0 Å². The molecule has 2 aliphatic rings. The number of aryl methyl sites for hydroxylation is 2. The number of carbonyl (C=O) groups is 1. The summed E-state index contributed by atoms with van der Waals surface area (Å²) in [5.74, 6) is 1.50. The molecule has 2 N–H and O–H groups in total. The molecular formula is C17H22N4O. The van der Waals surface area contributed by atoms with Crippen molar-refractivity contribution in [2.75, 3.05) is 13.1 Å². The summed E-state index contributed by atoms with van der Waals surface area (Å²) in [6.07, 6.45) is 0. The molecule has 5 nitrogen and oxygen atoms in total. The zero-order valence-corrected chi connectivity index (χ0v) is 13.3. The van der Waals surface area contributed by atoms with Crippen LogP contribution in [0.25, 0.3) is 10.9 Å². The average molecular weight is 298 g/mol. The number of amides is 1. The number of nitrogens with zero attached hydrogens (tertiary/aromatic N) is 2. The maximum Gasteiger partial charge on any atom is 0.224 e. The molecule has 1 saturated carbocycles. The SMILES string of the molecule is Cc1cccc2c(C(C)NC(=O)C3[C@H]4CNC[C@@H]34)nn(C)c12. The first-order chi connectivity index (χ1) is 10.6. The van der Waals surface area contributed by atoms with Gasteiger partial charge in [-0.1, -0.05) is 18.2 Å². The highest BCUT2D eigenvalue weighted by Crippen LogP contribution is 2.48. The summed E-state index contributed by atoms with van der Waals surface area (Å²) in [6, 6.07) is 6.17. The Kier molecular flexibility index (Phi) is 3.01. The molecule has 0 spiro atoms. The molecule has 4 atom stereocenters. The molecule has 5 heteroatoms. The van der Waals surface area contributed by atoms with Crippen molar-refractivity contribution in [1.82, 2.24) is 20.4 Å². The third kappa shape index (κ3) is 1.96. The Hall–Kier alpha value is -1.88. The molecule has 22 heavy (non-hydrogen) atoms. The maximum absolute atomic E-state index is 12.4. The Labute approximate surface area is 130 Å². The van der Waals surface area contributed by atoms with E-state index in [9.17, 15) is 4.79 Å². The smallest absolute Gasteiger partial charge is 0.224 e. The minimum absolute atomic E-state index is 0.0627. The third-order valence-electron chi connectivity index (χ3n) is 5.26. The lowest BCUT2D eigenvalue weighted by molar-refractivity contribution is -0.123. The van der Waals surface area contributed by atoms with Crippen molar-refractivity contribution < 1.29 is 4.79 Å². The normalized spacial score (nSPS) is 27.7. The first-order valence-corrected chi connectivity index (χ1v) is 8.01. The predicted molar refractivity (Wildman–Crippen MR) is 85.3 cm³/mol. The highest BCUT2D eigenvalue weighted by atomic mass is 16.2. The van der Waals surface area contributed by atoms with Gasteiger partial charge in [-0.2, -0.15) is 5.10 Å². The van der Waals surface area contributed by atoms with E-state index in [2.05, 4.69) is 34.8 Å². The van der Waals surface area contributed by atoms with Crippen molar-refractivity contribution >= 4 is 16.8 Å². The van der Waals surface area contributed by atoms with Crippen molar-refractivity contribution in [3.8, 4) is 0 Å². The average Bonchev–Trinajstić information content (AvgIpc) is 2.82. The Bertz CT molecular complexity index is 740. The topological polar surface area (TPSA) is 59.0 Å². The van der Waals surface area contributed by atoms with E-state index in [0.29, 0.717) is 11.8 Å².